The van der Waals surface area contributed by atoms with Gasteiger partial charge in [0.05, 0.1) is 12.8 Å². The molecule has 0 unspecified atom stereocenters. The van der Waals surface area contributed by atoms with Gasteiger partial charge in [-0.1, -0.05) is 17.7 Å². The third-order valence-corrected chi connectivity index (χ3v) is 3.75. The molecule has 0 aliphatic rings. The second-order valence-electron chi connectivity index (χ2n) is 5.29. The van der Waals surface area contributed by atoms with E-state index in [-0.39, 0.29) is 0 Å². The van der Waals surface area contributed by atoms with Gasteiger partial charge in [0, 0.05) is 29.5 Å². The van der Waals surface area contributed by atoms with Crippen LogP contribution < -0.4 is 11.1 Å². The number of methoxy groups -OCH3 is 1. The number of nitrogens with two attached hydrogens (primary N) is 1. The van der Waals surface area contributed by atoms with Gasteiger partial charge in [0.2, 0.25) is 0 Å². The van der Waals surface area contributed by atoms with Gasteiger partial charge in [-0.15, -0.1) is 0 Å². The lowest BCUT2D eigenvalue weighted by atomic mass is 10.1. The Morgan fingerprint density at radius 3 is 2.79 bits per heavy atom. The summed E-state index contributed by atoms with van der Waals surface area (Å²) in [5.74, 6) is 1.49. The number of nitrogens with zero attached hydrogens (tertiary/aromatic N) is 3. The molecular formula is C16H17ClN6O. The molecule has 3 aromatic rings. The molecule has 0 radical (unpaired) electrons. The van der Waals surface area contributed by atoms with Crippen LogP contribution in [-0.2, 0) is 11.3 Å². The number of nitrogen functional groups attached to an aromatic ring is 1. The third kappa shape index (κ3) is 3.47. The maximum atomic E-state index is 6.15. The first-order chi connectivity index (χ1) is 11.6. The number of halogens is 1. The van der Waals surface area contributed by atoms with E-state index in [1.165, 1.54) is 0 Å². The second kappa shape index (κ2) is 6.86. The Labute approximate surface area is 144 Å². The molecule has 0 aliphatic carbocycles. The van der Waals surface area contributed by atoms with Crippen molar-refractivity contribution in [2.75, 3.05) is 18.2 Å². The van der Waals surface area contributed by atoms with Gasteiger partial charge >= 0.3 is 0 Å². The van der Waals surface area contributed by atoms with Crippen molar-refractivity contribution in [3.05, 3.63) is 46.7 Å². The van der Waals surface area contributed by atoms with Crippen molar-refractivity contribution in [3.63, 3.8) is 0 Å². The van der Waals surface area contributed by atoms with Crippen LogP contribution in [0.3, 0.4) is 0 Å². The number of aromatic nitrogens is 4. The average Bonchev–Trinajstić information content (AvgIpc) is 2.95. The van der Waals surface area contributed by atoms with Crippen molar-refractivity contribution >= 4 is 29.1 Å². The minimum atomic E-state index is 0.318. The minimum Gasteiger partial charge on any atom is -0.382 e. The minimum absolute atomic E-state index is 0.318. The molecule has 0 aliphatic heterocycles. The molecule has 0 spiro atoms. The Balaban J connectivity index is 1.88. The van der Waals surface area contributed by atoms with Crippen LogP contribution in [0.5, 0.6) is 0 Å². The molecule has 0 saturated carbocycles. The van der Waals surface area contributed by atoms with Crippen LogP contribution in [0.2, 0.25) is 5.02 Å². The summed E-state index contributed by atoms with van der Waals surface area (Å²) >= 11 is 6.15. The highest BCUT2D eigenvalue weighted by molar-refractivity contribution is 6.31. The number of H-pyrrole nitrogens is 1. The molecule has 7 nitrogen and oxygen atoms in total. The van der Waals surface area contributed by atoms with Gasteiger partial charge < -0.3 is 15.8 Å². The zero-order valence-electron chi connectivity index (χ0n) is 13.3. The molecule has 0 bridgehead atoms. The predicted octanol–water partition coefficient (Wildman–Crippen LogP) is 3.30. The third-order valence-electron chi connectivity index (χ3n) is 3.38. The Hall–Kier alpha value is -2.64. The summed E-state index contributed by atoms with van der Waals surface area (Å²) in [6, 6.07) is 7.41. The lowest BCUT2D eigenvalue weighted by Crippen LogP contribution is -2.02. The number of benzene rings is 1. The van der Waals surface area contributed by atoms with E-state index in [9.17, 15) is 0 Å². The Morgan fingerprint density at radius 2 is 2.12 bits per heavy atom. The number of aryl methyl sites for hydroxylation is 1. The van der Waals surface area contributed by atoms with Crippen molar-refractivity contribution < 1.29 is 4.74 Å². The first-order valence-corrected chi connectivity index (χ1v) is 7.64. The van der Waals surface area contributed by atoms with Crippen LogP contribution in [0.1, 0.15) is 11.3 Å². The van der Waals surface area contributed by atoms with Crippen LogP contribution in [0.15, 0.2) is 30.5 Å². The fourth-order valence-electron chi connectivity index (χ4n) is 2.29. The van der Waals surface area contributed by atoms with Crippen molar-refractivity contribution in [3.8, 4) is 11.3 Å². The van der Waals surface area contributed by atoms with E-state index in [0.717, 1.165) is 16.8 Å². The van der Waals surface area contributed by atoms with E-state index in [1.807, 2.05) is 25.1 Å². The molecule has 4 N–H and O–H groups in total. The van der Waals surface area contributed by atoms with Gasteiger partial charge in [0.1, 0.15) is 5.69 Å². The van der Waals surface area contributed by atoms with Gasteiger partial charge in [-0.3, -0.25) is 5.10 Å². The number of ether oxygens (including phenoxy) is 1. The molecule has 1 aromatic carbocycles. The SMILES string of the molecule is COCc1cc(-c2ncc(Nc3cc(C)[nH]n3)nc2N)ccc1Cl. The zero-order valence-corrected chi connectivity index (χ0v) is 14.1. The average molecular weight is 345 g/mol. The normalized spacial score (nSPS) is 10.8. The number of hydrogen-bond acceptors (Lipinski definition) is 6. The van der Waals surface area contributed by atoms with E-state index in [4.69, 9.17) is 22.1 Å². The molecule has 24 heavy (non-hydrogen) atoms. The standard InChI is InChI=1S/C16H17ClN6O/c1-9-5-13(23-22-9)20-14-7-19-15(16(18)21-14)10-3-4-12(17)11(6-10)8-24-2/h3-7H,8H2,1-2H3,(H4,18,20,21,22,23). The topological polar surface area (TPSA) is 102 Å². The smallest absolute Gasteiger partial charge is 0.153 e. The summed E-state index contributed by atoms with van der Waals surface area (Å²) in [5.41, 5.74) is 9.30. The molecule has 2 heterocycles. The monoisotopic (exact) mass is 344 g/mol. The molecular weight excluding hydrogens is 328 g/mol. The summed E-state index contributed by atoms with van der Waals surface area (Å²) in [7, 11) is 1.62. The largest absolute Gasteiger partial charge is 0.382 e. The van der Waals surface area contributed by atoms with E-state index in [1.54, 1.807) is 19.4 Å². The highest BCUT2D eigenvalue weighted by atomic mass is 35.5. The summed E-state index contributed by atoms with van der Waals surface area (Å²) in [4.78, 5) is 8.75. The van der Waals surface area contributed by atoms with Crippen molar-refractivity contribution in [1.82, 2.24) is 20.2 Å². The fraction of sp³-hybridized carbons (Fsp3) is 0.188. The van der Waals surface area contributed by atoms with Gasteiger partial charge in [0.25, 0.3) is 0 Å². The lowest BCUT2D eigenvalue weighted by molar-refractivity contribution is 0.185. The highest BCUT2D eigenvalue weighted by Crippen LogP contribution is 2.28. The maximum Gasteiger partial charge on any atom is 0.153 e. The predicted molar refractivity (Wildman–Crippen MR) is 94.2 cm³/mol. The molecule has 8 heteroatoms. The van der Waals surface area contributed by atoms with E-state index < -0.39 is 0 Å². The maximum absolute atomic E-state index is 6.15. The number of anilines is 3. The van der Waals surface area contributed by atoms with Gasteiger partial charge in [-0.2, -0.15) is 5.10 Å². The first-order valence-electron chi connectivity index (χ1n) is 7.26. The molecule has 0 atom stereocenters. The molecule has 0 amide bonds. The van der Waals surface area contributed by atoms with E-state index >= 15 is 0 Å². The molecule has 2 aromatic heterocycles. The Morgan fingerprint density at radius 1 is 1.29 bits per heavy atom. The summed E-state index contributed by atoms with van der Waals surface area (Å²) < 4.78 is 5.15. The fourth-order valence-corrected chi connectivity index (χ4v) is 2.46. The van der Waals surface area contributed by atoms with Crippen LogP contribution in [0.25, 0.3) is 11.3 Å². The number of aromatic amines is 1. The summed E-state index contributed by atoms with van der Waals surface area (Å²) in [6.45, 7) is 2.33. The lowest BCUT2D eigenvalue weighted by Gasteiger charge is -2.09. The van der Waals surface area contributed by atoms with Crippen LogP contribution in [0.4, 0.5) is 17.5 Å². The van der Waals surface area contributed by atoms with Crippen LogP contribution in [0, 0.1) is 6.92 Å². The Kier molecular flexibility index (Phi) is 4.64. The number of hydrogen-bond donors (Lipinski definition) is 3. The number of nitrogens with one attached hydrogen (secondary N) is 2. The van der Waals surface area contributed by atoms with Crippen LogP contribution >= 0.6 is 11.6 Å². The van der Waals surface area contributed by atoms with Crippen molar-refractivity contribution in [2.45, 2.75) is 13.5 Å². The summed E-state index contributed by atoms with van der Waals surface area (Å²) in [6.07, 6.45) is 1.61. The van der Waals surface area contributed by atoms with Gasteiger partial charge in [-0.25, -0.2) is 9.97 Å². The summed E-state index contributed by atoms with van der Waals surface area (Å²) in [5, 5.41) is 10.6. The van der Waals surface area contributed by atoms with Crippen molar-refractivity contribution in [2.24, 2.45) is 0 Å². The number of rotatable bonds is 5. The quantitative estimate of drug-likeness (QED) is 0.656. The van der Waals surface area contributed by atoms with E-state index in [0.29, 0.717) is 34.8 Å². The molecule has 124 valence electrons. The first kappa shape index (κ1) is 16.2. The Bertz CT molecular complexity index is 864. The van der Waals surface area contributed by atoms with Gasteiger partial charge in [0.15, 0.2) is 17.5 Å². The molecule has 0 saturated heterocycles. The molecule has 0 fully saturated rings. The van der Waals surface area contributed by atoms with E-state index in [2.05, 4.69) is 25.5 Å². The van der Waals surface area contributed by atoms with Gasteiger partial charge in [-0.05, 0) is 24.6 Å². The van der Waals surface area contributed by atoms with Crippen molar-refractivity contribution in [1.29, 1.82) is 0 Å². The second-order valence-corrected chi connectivity index (χ2v) is 5.70. The zero-order chi connectivity index (χ0) is 17.1. The molecule has 3 rings (SSSR count). The highest BCUT2D eigenvalue weighted by Gasteiger charge is 2.10. The van der Waals surface area contributed by atoms with Crippen LogP contribution in [-0.4, -0.2) is 27.3 Å².